The maximum Gasteiger partial charge on any atom is 0.299 e. The number of nitrogens with one attached hydrogen (secondary N) is 2. The summed E-state index contributed by atoms with van der Waals surface area (Å²) in [6.07, 6.45) is 0. The van der Waals surface area contributed by atoms with Crippen molar-refractivity contribution in [1.29, 1.82) is 0 Å². The highest BCUT2D eigenvalue weighted by Crippen LogP contribution is 2.24. The summed E-state index contributed by atoms with van der Waals surface area (Å²) in [5.41, 5.74) is 1.07. The molecule has 2 N–H and O–H groups in total. The molecule has 0 aliphatic carbocycles. The van der Waals surface area contributed by atoms with E-state index in [9.17, 15) is 8.42 Å². The number of aryl methyl sites for hydroxylation is 1. The largest absolute Gasteiger partial charge is 0.299 e. The van der Waals surface area contributed by atoms with E-state index in [-0.39, 0.29) is 0 Å². The molecular weight excluding hydrogens is 304 g/mol. The van der Waals surface area contributed by atoms with Crippen molar-refractivity contribution in [3.05, 3.63) is 28.2 Å². The van der Waals surface area contributed by atoms with Crippen LogP contribution in [0.1, 0.15) is 26.3 Å². The van der Waals surface area contributed by atoms with Crippen LogP contribution in [0.4, 0.5) is 5.69 Å². The molecule has 17 heavy (non-hydrogen) atoms. The Hall–Kier alpha value is -0.590. The summed E-state index contributed by atoms with van der Waals surface area (Å²) < 4.78 is 29.3. The third-order valence-corrected chi connectivity index (χ3v) is 3.84. The molecule has 0 heterocycles. The molecule has 1 aromatic rings. The fourth-order valence-electron chi connectivity index (χ4n) is 1.28. The van der Waals surface area contributed by atoms with Gasteiger partial charge in [-0.1, -0.05) is 6.07 Å². The van der Waals surface area contributed by atoms with Crippen LogP contribution in [-0.2, 0) is 10.2 Å². The molecule has 0 aliphatic heterocycles. The topological polar surface area (TPSA) is 58.2 Å². The summed E-state index contributed by atoms with van der Waals surface area (Å²) in [5.74, 6) is 0. The zero-order valence-electron chi connectivity index (χ0n) is 10.3. The molecule has 0 saturated carbocycles. The highest BCUT2D eigenvalue weighted by molar-refractivity contribution is 9.10. The van der Waals surface area contributed by atoms with Crippen molar-refractivity contribution in [3.63, 3.8) is 0 Å². The van der Waals surface area contributed by atoms with Crippen LogP contribution in [-0.4, -0.2) is 14.0 Å². The number of halogens is 1. The summed E-state index contributed by atoms with van der Waals surface area (Å²) in [5, 5.41) is 0. The van der Waals surface area contributed by atoms with E-state index in [1.54, 1.807) is 26.8 Å². The summed E-state index contributed by atoms with van der Waals surface area (Å²) in [6.45, 7) is 7.31. The highest BCUT2D eigenvalue weighted by atomic mass is 79.9. The third kappa shape index (κ3) is 5.06. The number of hydrogen-bond acceptors (Lipinski definition) is 2. The molecule has 0 radical (unpaired) electrons. The van der Waals surface area contributed by atoms with Crippen molar-refractivity contribution in [3.8, 4) is 0 Å². The number of benzene rings is 1. The van der Waals surface area contributed by atoms with E-state index in [1.807, 2.05) is 19.1 Å². The molecule has 96 valence electrons. The van der Waals surface area contributed by atoms with Crippen LogP contribution in [0.15, 0.2) is 22.7 Å². The van der Waals surface area contributed by atoms with E-state index in [2.05, 4.69) is 25.4 Å². The smallest absolute Gasteiger partial charge is 0.270 e. The van der Waals surface area contributed by atoms with E-state index >= 15 is 0 Å². The average molecular weight is 321 g/mol. The van der Waals surface area contributed by atoms with Crippen LogP contribution in [0.5, 0.6) is 0 Å². The van der Waals surface area contributed by atoms with Gasteiger partial charge in [0.05, 0.1) is 5.69 Å². The van der Waals surface area contributed by atoms with Gasteiger partial charge in [0.2, 0.25) is 0 Å². The molecule has 0 fully saturated rings. The van der Waals surface area contributed by atoms with Gasteiger partial charge >= 0.3 is 0 Å². The Morgan fingerprint density at radius 3 is 2.29 bits per heavy atom. The van der Waals surface area contributed by atoms with E-state index in [4.69, 9.17) is 0 Å². The number of rotatable bonds is 3. The van der Waals surface area contributed by atoms with Crippen molar-refractivity contribution in [2.24, 2.45) is 0 Å². The summed E-state index contributed by atoms with van der Waals surface area (Å²) in [4.78, 5) is 0. The molecule has 1 rings (SSSR count). The molecule has 0 spiro atoms. The Balaban J connectivity index is 2.91. The minimum absolute atomic E-state index is 0.511. The SMILES string of the molecule is Cc1ccc(NS(=O)(=O)NC(C)(C)C)c(Br)c1. The van der Waals surface area contributed by atoms with Crippen molar-refractivity contribution in [1.82, 2.24) is 4.72 Å². The third-order valence-electron chi connectivity index (χ3n) is 1.81. The highest BCUT2D eigenvalue weighted by Gasteiger charge is 2.20. The van der Waals surface area contributed by atoms with Crippen LogP contribution in [0.3, 0.4) is 0 Å². The minimum Gasteiger partial charge on any atom is -0.270 e. The molecule has 4 nitrogen and oxygen atoms in total. The minimum atomic E-state index is -3.56. The van der Waals surface area contributed by atoms with Crippen LogP contribution in [0.25, 0.3) is 0 Å². The standard InChI is InChI=1S/C11H17BrN2O2S/c1-8-5-6-10(9(12)7-8)13-17(15,16)14-11(2,3)4/h5-7,13-14H,1-4H3. The molecule has 0 unspecified atom stereocenters. The maximum absolute atomic E-state index is 11.8. The van der Waals surface area contributed by atoms with Crippen molar-refractivity contribution in [2.75, 3.05) is 4.72 Å². The van der Waals surface area contributed by atoms with Gasteiger partial charge in [0.15, 0.2) is 0 Å². The van der Waals surface area contributed by atoms with Gasteiger partial charge in [-0.15, -0.1) is 0 Å². The predicted molar refractivity (Wildman–Crippen MR) is 74.3 cm³/mol. The van der Waals surface area contributed by atoms with Crippen LogP contribution in [0.2, 0.25) is 0 Å². The molecule has 6 heteroatoms. The monoisotopic (exact) mass is 320 g/mol. The van der Waals surface area contributed by atoms with E-state index in [1.165, 1.54) is 0 Å². The second-order valence-electron chi connectivity index (χ2n) is 4.94. The molecular formula is C11H17BrN2O2S. The molecule has 0 aromatic heterocycles. The Morgan fingerprint density at radius 2 is 1.82 bits per heavy atom. The van der Waals surface area contributed by atoms with Crippen LogP contribution < -0.4 is 9.44 Å². The second kappa shape index (κ2) is 4.96. The normalized spacial score (nSPS) is 12.5. The maximum atomic E-state index is 11.8. The van der Waals surface area contributed by atoms with Gasteiger partial charge in [0.25, 0.3) is 10.2 Å². The van der Waals surface area contributed by atoms with E-state index in [0.29, 0.717) is 5.69 Å². The van der Waals surface area contributed by atoms with E-state index < -0.39 is 15.7 Å². The fourth-order valence-corrected chi connectivity index (χ4v) is 3.32. The average Bonchev–Trinajstić information content (AvgIpc) is 2.05. The van der Waals surface area contributed by atoms with Crippen molar-refractivity contribution in [2.45, 2.75) is 33.2 Å². The molecule has 0 saturated heterocycles. The summed E-state index contributed by atoms with van der Waals surface area (Å²) in [7, 11) is -3.56. The lowest BCUT2D eigenvalue weighted by Crippen LogP contribution is -2.43. The molecule has 0 atom stereocenters. The van der Waals surface area contributed by atoms with E-state index in [0.717, 1.165) is 10.0 Å². The van der Waals surface area contributed by atoms with Gasteiger partial charge in [0, 0.05) is 10.0 Å². The molecule has 0 aliphatic rings. The lowest BCUT2D eigenvalue weighted by molar-refractivity contribution is 0.494. The van der Waals surface area contributed by atoms with Gasteiger partial charge in [-0.05, 0) is 61.3 Å². The Morgan fingerprint density at radius 1 is 1.24 bits per heavy atom. The molecule has 1 aromatic carbocycles. The predicted octanol–water partition coefficient (Wildman–Crippen LogP) is 2.80. The van der Waals surface area contributed by atoms with Gasteiger partial charge in [-0.3, -0.25) is 4.72 Å². The zero-order chi connectivity index (χ0) is 13.3. The Labute approximate surface area is 111 Å². The number of hydrogen-bond donors (Lipinski definition) is 2. The lowest BCUT2D eigenvalue weighted by Gasteiger charge is -2.21. The fraction of sp³-hybridized carbons (Fsp3) is 0.455. The van der Waals surface area contributed by atoms with Crippen molar-refractivity contribution >= 4 is 31.8 Å². The number of anilines is 1. The first-order valence-corrected chi connectivity index (χ1v) is 7.44. The molecule has 0 bridgehead atoms. The van der Waals surface area contributed by atoms with Crippen LogP contribution in [0, 0.1) is 6.92 Å². The van der Waals surface area contributed by atoms with Gasteiger partial charge in [0.1, 0.15) is 0 Å². The first kappa shape index (κ1) is 14.5. The quantitative estimate of drug-likeness (QED) is 0.899. The van der Waals surface area contributed by atoms with Gasteiger partial charge in [-0.25, -0.2) is 0 Å². The second-order valence-corrected chi connectivity index (χ2v) is 7.21. The molecule has 0 amide bonds. The lowest BCUT2D eigenvalue weighted by atomic mass is 10.1. The van der Waals surface area contributed by atoms with Gasteiger partial charge < -0.3 is 0 Å². The first-order chi connectivity index (χ1) is 7.59. The first-order valence-electron chi connectivity index (χ1n) is 5.17. The Kier molecular flexibility index (Phi) is 4.22. The van der Waals surface area contributed by atoms with Gasteiger partial charge in [-0.2, -0.15) is 13.1 Å². The summed E-state index contributed by atoms with van der Waals surface area (Å²) in [6, 6.07) is 5.43. The zero-order valence-corrected chi connectivity index (χ0v) is 12.7. The van der Waals surface area contributed by atoms with Crippen LogP contribution >= 0.6 is 15.9 Å². The summed E-state index contributed by atoms with van der Waals surface area (Å²) >= 11 is 3.32. The van der Waals surface area contributed by atoms with Crippen molar-refractivity contribution < 1.29 is 8.42 Å². The Bertz CT molecular complexity index is 507.